The molecule has 10 heavy (non-hydrogen) atoms. The van der Waals surface area contributed by atoms with Crippen molar-refractivity contribution in [3.05, 3.63) is 12.2 Å². The maximum absolute atomic E-state index is 11.2. The smallest absolute Gasteiger partial charge is 0.249 e. The molecule has 2 saturated heterocycles. The molecule has 2 heterocycles. The topological polar surface area (TPSA) is 20.3 Å². The number of fused-ring (bicyclic) bond motifs is 1. The molecule has 2 fully saturated rings. The summed E-state index contributed by atoms with van der Waals surface area (Å²) in [6.45, 7) is 4.69. The van der Waals surface area contributed by atoms with Crippen molar-refractivity contribution in [1.82, 2.24) is 4.90 Å². The summed E-state index contributed by atoms with van der Waals surface area (Å²) in [6.07, 6.45) is 3.28. The van der Waals surface area contributed by atoms with Gasteiger partial charge in [0.25, 0.3) is 0 Å². The van der Waals surface area contributed by atoms with Crippen LogP contribution in [0.25, 0.3) is 0 Å². The van der Waals surface area contributed by atoms with Gasteiger partial charge in [-0.1, -0.05) is 6.58 Å². The Morgan fingerprint density at radius 3 is 3.10 bits per heavy atom. The summed E-state index contributed by atoms with van der Waals surface area (Å²) in [6, 6.07) is 0.514. The third kappa shape index (κ3) is 0.618. The lowest BCUT2D eigenvalue weighted by molar-refractivity contribution is -0.125. The fourth-order valence-corrected chi connectivity index (χ4v) is 1.89. The van der Waals surface area contributed by atoms with Gasteiger partial charge in [0.2, 0.25) is 5.91 Å². The molecule has 54 valence electrons. The third-order valence-electron chi connectivity index (χ3n) is 2.42. The molecule has 2 aliphatic rings. The van der Waals surface area contributed by atoms with Crippen molar-refractivity contribution < 1.29 is 4.79 Å². The highest BCUT2D eigenvalue weighted by Gasteiger charge is 2.36. The molecule has 1 amide bonds. The fourth-order valence-electron chi connectivity index (χ4n) is 1.89. The molecule has 2 rings (SSSR count). The number of hydrogen-bond donors (Lipinski definition) is 0. The summed E-state index contributed by atoms with van der Waals surface area (Å²) in [5.41, 5.74) is 0.810. The van der Waals surface area contributed by atoms with Crippen molar-refractivity contribution in [3.8, 4) is 0 Å². The lowest BCUT2D eigenvalue weighted by atomic mass is 10.1. The van der Waals surface area contributed by atoms with E-state index in [1.165, 1.54) is 12.8 Å². The van der Waals surface area contributed by atoms with E-state index in [2.05, 4.69) is 6.58 Å². The quantitative estimate of drug-likeness (QED) is 0.455. The van der Waals surface area contributed by atoms with Crippen LogP contribution < -0.4 is 0 Å². The van der Waals surface area contributed by atoms with Gasteiger partial charge in [0.15, 0.2) is 0 Å². The Labute approximate surface area is 60.5 Å². The molecule has 0 aromatic rings. The zero-order chi connectivity index (χ0) is 7.14. The maximum Gasteiger partial charge on any atom is 0.249 e. The maximum atomic E-state index is 11.2. The molecule has 0 radical (unpaired) electrons. The van der Waals surface area contributed by atoms with Crippen LogP contribution in [0.15, 0.2) is 12.2 Å². The van der Waals surface area contributed by atoms with Gasteiger partial charge in [-0.25, -0.2) is 0 Å². The van der Waals surface area contributed by atoms with Crippen LogP contribution in [0.3, 0.4) is 0 Å². The highest BCUT2D eigenvalue weighted by atomic mass is 16.2. The largest absolute Gasteiger partial charge is 0.336 e. The predicted octanol–water partition coefficient (Wildman–Crippen LogP) is 0.937. The first-order valence-electron chi connectivity index (χ1n) is 3.78. The van der Waals surface area contributed by atoms with Crippen LogP contribution in [0.2, 0.25) is 0 Å². The van der Waals surface area contributed by atoms with Gasteiger partial charge in [-0.2, -0.15) is 0 Å². The Balaban J connectivity index is 2.24. The molecule has 2 nitrogen and oxygen atoms in total. The molecule has 0 aliphatic carbocycles. The van der Waals surface area contributed by atoms with Crippen molar-refractivity contribution in [3.63, 3.8) is 0 Å². The van der Waals surface area contributed by atoms with Crippen molar-refractivity contribution in [2.45, 2.75) is 25.3 Å². The first-order valence-corrected chi connectivity index (χ1v) is 3.78. The fraction of sp³-hybridized carbons (Fsp3) is 0.625. The van der Waals surface area contributed by atoms with E-state index in [1.54, 1.807) is 0 Å². The van der Waals surface area contributed by atoms with Gasteiger partial charge in [-0.05, 0) is 19.3 Å². The summed E-state index contributed by atoms with van der Waals surface area (Å²) in [4.78, 5) is 13.2. The summed E-state index contributed by atoms with van der Waals surface area (Å²) in [5.74, 6) is 0.197. The number of hydrogen-bond acceptors (Lipinski definition) is 1. The lowest BCUT2D eigenvalue weighted by Crippen LogP contribution is -2.26. The van der Waals surface area contributed by atoms with Gasteiger partial charge in [0.1, 0.15) is 0 Å². The zero-order valence-corrected chi connectivity index (χ0v) is 5.97. The van der Waals surface area contributed by atoms with Crippen LogP contribution in [0, 0.1) is 0 Å². The first kappa shape index (κ1) is 5.96. The van der Waals surface area contributed by atoms with Crippen LogP contribution in [0.4, 0.5) is 0 Å². The number of carbonyl (C=O) groups is 1. The average molecular weight is 137 g/mol. The SMILES string of the molecule is C=C1C[C@H]2CCCN2C1=O. The minimum absolute atomic E-state index is 0.197. The van der Waals surface area contributed by atoms with E-state index in [9.17, 15) is 4.79 Å². The molecule has 0 spiro atoms. The minimum Gasteiger partial charge on any atom is -0.336 e. The van der Waals surface area contributed by atoms with Gasteiger partial charge in [-0.3, -0.25) is 4.79 Å². The third-order valence-corrected chi connectivity index (χ3v) is 2.42. The monoisotopic (exact) mass is 137 g/mol. The van der Waals surface area contributed by atoms with Crippen LogP contribution >= 0.6 is 0 Å². The number of carbonyl (C=O) groups excluding carboxylic acids is 1. The van der Waals surface area contributed by atoms with Gasteiger partial charge >= 0.3 is 0 Å². The zero-order valence-electron chi connectivity index (χ0n) is 5.97. The van der Waals surface area contributed by atoms with Crippen LogP contribution in [0.5, 0.6) is 0 Å². The van der Waals surface area contributed by atoms with E-state index in [-0.39, 0.29) is 5.91 Å². The van der Waals surface area contributed by atoms with Gasteiger partial charge in [0, 0.05) is 18.2 Å². The Morgan fingerprint density at radius 2 is 2.40 bits per heavy atom. The molecular formula is C8H11NO. The molecule has 0 saturated carbocycles. The summed E-state index contributed by atoms with van der Waals surface area (Å²) >= 11 is 0. The molecular weight excluding hydrogens is 126 g/mol. The van der Waals surface area contributed by atoms with E-state index in [1.807, 2.05) is 4.90 Å². The van der Waals surface area contributed by atoms with Crippen molar-refractivity contribution >= 4 is 5.91 Å². The van der Waals surface area contributed by atoms with Crippen LogP contribution in [-0.2, 0) is 4.79 Å². The Hall–Kier alpha value is -0.790. The van der Waals surface area contributed by atoms with E-state index in [0.29, 0.717) is 6.04 Å². The molecule has 0 N–H and O–H groups in total. The summed E-state index contributed by atoms with van der Waals surface area (Å²) in [5, 5.41) is 0. The number of nitrogens with zero attached hydrogens (tertiary/aromatic N) is 1. The van der Waals surface area contributed by atoms with Gasteiger partial charge in [-0.15, -0.1) is 0 Å². The van der Waals surface area contributed by atoms with Crippen molar-refractivity contribution in [2.75, 3.05) is 6.54 Å². The normalized spacial score (nSPS) is 31.6. The summed E-state index contributed by atoms with van der Waals surface area (Å²) in [7, 11) is 0. The second-order valence-corrected chi connectivity index (χ2v) is 3.10. The lowest BCUT2D eigenvalue weighted by Gasteiger charge is -2.12. The molecule has 0 aromatic heterocycles. The standard InChI is InChI=1S/C8H11NO/c1-6-5-7-3-2-4-9(7)8(6)10/h7H,1-5H2/t7-/m1/s1. The second kappa shape index (κ2) is 1.84. The second-order valence-electron chi connectivity index (χ2n) is 3.10. The molecule has 1 atom stereocenters. The highest BCUT2D eigenvalue weighted by molar-refractivity contribution is 5.95. The first-order chi connectivity index (χ1) is 4.79. The van der Waals surface area contributed by atoms with Gasteiger partial charge < -0.3 is 4.90 Å². The predicted molar refractivity (Wildman–Crippen MR) is 38.5 cm³/mol. The number of rotatable bonds is 0. The summed E-state index contributed by atoms with van der Waals surface area (Å²) < 4.78 is 0. The minimum atomic E-state index is 0.197. The average Bonchev–Trinajstić information content (AvgIpc) is 2.41. The van der Waals surface area contributed by atoms with Crippen LogP contribution in [0.1, 0.15) is 19.3 Å². The molecule has 0 bridgehead atoms. The van der Waals surface area contributed by atoms with E-state index in [4.69, 9.17) is 0 Å². The number of amides is 1. The Kier molecular flexibility index (Phi) is 1.10. The van der Waals surface area contributed by atoms with Crippen molar-refractivity contribution in [1.29, 1.82) is 0 Å². The van der Waals surface area contributed by atoms with E-state index in [0.717, 1.165) is 18.5 Å². The Morgan fingerprint density at radius 1 is 1.60 bits per heavy atom. The Bertz CT molecular complexity index is 197. The molecule has 2 heteroatoms. The van der Waals surface area contributed by atoms with Crippen molar-refractivity contribution in [2.24, 2.45) is 0 Å². The molecule has 0 unspecified atom stereocenters. The van der Waals surface area contributed by atoms with E-state index < -0.39 is 0 Å². The molecule has 2 aliphatic heterocycles. The van der Waals surface area contributed by atoms with Gasteiger partial charge in [0.05, 0.1) is 0 Å². The highest BCUT2D eigenvalue weighted by Crippen LogP contribution is 2.30. The molecule has 0 aromatic carbocycles. The van der Waals surface area contributed by atoms with Crippen LogP contribution in [-0.4, -0.2) is 23.4 Å². The van der Waals surface area contributed by atoms with E-state index >= 15 is 0 Å².